The van der Waals surface area contributed by atoms with Crippen molar-refractivity contribution < 1.29 is 12.8 Å². The Kier molecular flexibility index (Phi) is 5.14. The largest absolute Gasteiger partial charge is 0.447 e. The Balaban J connectivity index is 1.60. The number of rotatable bonds is 6. The van der Waals surface area contributed by atoms with Crippen LogP contribution in [0.5, 0.6) is 0 Å². The van der Waals surface area contributed by atoms with Gasteiger partial charge in [0.15, 0.2) is 0 Å². The molecule has 1 aliphatic rings. The van der Waals surface area contributed by atoms with Crippen LogP contribution in [0.15, 0.2) is 45.9 Å². The summed E-state index contributed by atoms with van der Waals surface area (Å²) >= 11 is 1.73. The van der Waals surface area contributed by atoms with Gasteiger partial charge in [-0.05, 0) is 43.0 Å². The maximum absolute atomic E-state index is 12.4. The zero-order valence-corrected chi connectivity index (χ0v) is 14.8. The van der Waals surface area contributed by atoms with Gasteiger partial charge in [-0.15, -0.1) is 11.8 Å². The van der Waals surface area contributed by atoms with Crippen LogP contribution in [0, 0.1) is 6.92 Å². The van der Waals surface area contributed by atoms with Gasteiger partial charge in [-0.2, -0.15) is 4.31 Å². The molecule has 1 aliphatic heterocycles. The Labute approximate surface area is 141 Å². The molecule has 0 N–H and O–H groups in total. The van der Waals surface area contributed by atoms with Gasteiger partial charge in [0.2, 0.25) is 5.09 Å². The summed E-state index contributed by atoms with van der Waals surface area (Å²) in [7, 11) is -3.44. The van der Waals surface area contributed by atoms with E-state index in [0.717, 1.165) is 18.6 Å². The number of thioether (sulfide) groups is 1. The van der Waals surface area contributed by atoms with Crippen molar-refractivity contribution >= 4 is 21.8 Å². The van der Waals surface area contributed by atoms with E-state index in [-0.39, 0.29) is 5.09 Å². The van der Waals surface area contributed by atoms with Crippen molar-refractivity contribution in [3.05, 3.63) is 53.3 Å². The molecule has 1 aromatic carbocycles. The molecule has 124 valence electrons. The third-order valence-corrected chi connectivity index (χ3v) is 6.84. The minimum atomic E-state index is -3.44. The number of sulfonamides is 1. The minimum absolute atomic E-state index is 0.0749. The molecule has 0 saturated carbocycles. The summed E-state index contributed by atoms with van der Waals surface area (Å²) in [4.78, 5) is 0. The molecule has 1 aromatic heterocycles. The number of nitrogens with zero attached hydrogens (tertiary/aromatic N) is 1. The lowest BCUT2D eigenvalue weighted by molar-refractivity contribution is 0.397. The Bertz CT molecular complexity index is 762. The molecule has 0 aliphatic carbocycles. The normalized spacial score (nSPS) is 16.0. The third kappa shape index (κ3) is 3.82. The monoisotopic (exact) mass is 351 g/mol. The van der Waals surface area contributed by atoms with Gasteiger partial charge >= 0.3 is 0 Å². The Morgan fingerprint density at radius 1 is 1.09 bits per heavy atom. The van der Waals surface area contributed by atoms with Crippen molar-refractivity contribution in [3.8, 4) is 0 Å². The predicted octanol–water partition coefficient (Wildman–Crippen LogP) is 3.81. The molecule has 0 unspecified atom stereocenters. The highest BCUT2D eigenvalue weighted by Gasteiger charge is 2.29. The molecular formula is C17H21NO3S2. The lowest BCUT2D eigenvalue weighted by Gasteiger charge is -2.12. The number of aryl methyl sites for hydroxylation is 1. The minimum Gasteiger partial charge on any atom is -0.447 e. The van der Waals surface area contributed by atoms with Gasteiger partial charge in [0, 0.05) is 18.8 Å². The molecule has 0 spiro atoms. The predicted molar refractivity (Wildman–Crippen MR) is 92.9 cm³/mol. The van der Waals surface area contributed by atoms with Crippen molar-refractivity contribution in [2.45, 2.75) is 36.4 Å². The fourth-order valence-corrected chi connectivity index (χ4v) is 5.11. The zero-order valence-electron chi connectivity index (χ0n) is 13.2. The van der Waals surface area contributed by atoms with Crippen LogP contribution in [0.4, 0.5) is 0 Å². The van der Waals surface area contributed by atoms with Crippen LogP contribution in [-0.4, -0.2) is 25.8 Å². The first kappa shape index (κ1) is 16.6. The van der Waals surface area contributed by atoms with Crippen LogP contribution in [0.25, 0.3) is 0 Å². The number of benzene rings is 1. The molecule has 1 saturated heterocycles. The van der Waals surface area contributed by atoms with Gasteiger partial charge in [-0.25, -0.2) is 8.42 Å². The number of hydrogen-bond acceptors (Lipinski definition) is 4. The Hall–Kier alpha value is -1.24. The first-order valence-corrected chi connectivity index (χ1v) is 10.4. The van der Waals surface area contributed by atoms with Crippen LogP contribution in [0.1, 0.15) is 29.7 Å². The Morgan fingerprint density at radius 2 is 1.83 bits per heavy atom. The number of furan rings is 1. The molecule has 0 radical (unpaired) electrons. The van der Waals surface area contributed by atoms with Crippen LogP contribution in [0.3, 0.4) is 0 Å². The lowest BCUT2D eigenvalue weighted by atomic mass is 10.1. The molecule has 0 bridgehead atoms. The van der Waals surface area contributed by atoms with Crippen LogP contribution in [-0.2, 0) is 21.5 Å². The molecule has 0 amide bonds. The van der Waals surface area contributed by atoms with Gasteiger partial charge in [0.05, 0.1) is 5.75 Å². The summed E-state index contributed by atoms with van der Waals surface area (Å²) in [6, 6.07) is 11.6. The van der Waals surface area contributed by atoms with Gasteiger partial charge in [0.25, 0.3) is 10.0 Å². The van der Waals surface area contributed by atoms with Gasteiger partial charge in [-0.1, -0.05) is 24.3 Å². The molecule has 23 heavy (non-hydrogen) atoms. The van der Waals surface area contributed by atoms with Gasteiger partial charge < -0.3 is 4.42 Å². The molecule has 1 fully saturated rings. The summed E-state index contributed by atoms with van der Waals surface area (Å²) < 4.78 is 31.9. The van der Waals surface area contributed by atoms with E-state index in [0.29, 0.717) is 24.6 Å². The highest BCUT2D eigenvalue weighted by Crippen LogP contribution is 2.26. The zero-order chi connectivity index (χ0) is 16.3. The standard InChI is InChI=1S/C17H21NO3S2/c1-14-6-2-3-7-15(14)12-22-13-16-8-9-17(21-16)23(19,20)18-10-4-5-11-18/h2-3,6-9H,4-5,10-13H2,1H3. The first-order valence-electron chi connectivity index (χ1n) is 7.78. The fraction of sp³-hybridized carbons (Fsp3) is 0.412. The summed E-state index contributed by atoms with van der Waals surface area (Å²) in [5.74, 6) is 2.27. The molecule has 6 heteroatoms. The topological polar surface area (TPSA) is 50.5 Å². The highest BCUT2D eigenvalue weighted by molar-refractivity contribution is 7.97. The van der Waals surface area contributed by atoms with E-state index in [2.05, 4.69) is 19.1 Å². The van der Waals surface area contributed by atoms with Crippen molar-refractivity contribution in [1.29, 1.82) is 0 Å². The van der Waals surface area contributed by atoms with Crippen LogP contribution < -0.4 is 0 Å². The maximum Gasteiger partial charge on any atom is 0.276 e. The number of hydrogen-bond donors (Lipinski definition) is 0. The molecular weight excluding hydrogens is 330 g/mol. The van der Waals surface area contributed by atoms with E-state index < -0.39 is 10.0 Å². The smallest absolute Gasteiger partial charge is 0.276 e. The first-order chi connectivity index (χ1) is 11.1. The summed E-state index contributed by atoms with van der Waals surface area (Å²) in [5, 5.41) is 0.0749. The average molecular weight is 351 g/mol. The second kappa shape index (κ2) is 7.11. The third-order valence-electron chi connectivity index (χ3n) is 4.06. The molecule has 4 nitrogen and oxygen atoms in total. The van der Waals surface area contributed by atoms with E-state index >= 15 is 0 Å². The van der Waals surface area contributed by atoms with Crippen molar-refractivity contribution in [2.24, 2.45) is 0 Å². The molecule has 2 heterocycles. The van der Waals surface area contributed by atoms with Crippen molar-refractivity contribution in [3.63, 3.8) is 0 Å². The summed E-state index contributed by atoms with van der Waals surface area (Å²) in [6.07, 6.45) is 1.86. The average Bonchev–Trinajstić information content (AvgIpc) is 3.21. The summed E-state index contributed by atoms with van der Waals surface area (Å²) in [6.45, 7) is 3.30. The van der Waals surface area contributed by atoms with E-state index in [9.17, 15) is 8.42 Å². The molecule has 0 atom stereocenters. The quantitative estimate of drug-likeness (QED) is 0.794. The molecule has 3 rings (SSSR count). The molecule has 2 aromatic rings. The van der Waals surface area contributed by atoms with Gasteiger partial charge in [-0.3, -0.25) is 0 Å². The van der Waals surface area contributed by atoms with Crippen LogP contribution in [0.2, 0.25) is 0 Å². The van der Waals surface area contributed by atoms with Crippen LogP contribution >= 0.6 is 11.8 Å². The van der Waals surface area contributed by atoms with Crippen molar-refractivity contribution in [2.75, 3.05) is 13.1 Å². The van der Waals surface area contributed by atoms with E-state index in [1.807, 2.05) is 12.1 Å². The van der Waals surface area contributed by atoms with Gasteiger partial charge in [0.1, 0.15) is 5.76 Å². The summed E-state index contributed by atoms with van der Waals surface area (Å²) in [5.41, 5.74) is 2.57. The Morgan fingerprint density at radius 3 is 2.57 bits per heavy atom. The maximum atomic E-state index is 12.4. The fourth-order valence-electron chi connectivity index (χ4n) is 2.66. The van der Waals surface area contributed by atoms with E-state index in [1.165, 1.54) is 15.4 Å². The highest BCUT2D eigenvalue weighted by atomic mass is 32.2. The SMILES string of the molecule is Cc1ccccc1CSCc1ccc(S(=O)(=O)N2CCCC2)o1. The van der Waals surface area contributed by atoms with E-state index in [1.54, 1.807) is 23.9 Å². The van der Waals surface area contributed by atoms with Crippen molar-refractivity contribution in [1.82, 2.24) is 4.31 Å². The lowest BCUT2D eigenvalue weighted by Crippen LogP contribution is -2.27. The van der Waals surface area contributed by atoms with E-state index in [4.69, 9.17) is 4.42 Å². The second-order valence-corrected chi connectivity index (χ2v) is 8.61. The second-order valence-electron chi connectivity index (χ2n) is 5.75.